The minimum absolute atomic E-state index is 0.279. The molecule has 3 N–H and O–H groups in total. The van der Waals surface area contributed by atoms with Gasteiger partial charge < -0.3 is 5.73 Å². The summed E-state index contributed by atoms with van der Waals surface area (Å²) in [6.07, 6.45) is 2.65. The monoisotopic (exact) mass is 285 g/mol. The highest BCUT2D eigenvalue weighted by Gasteiger charge is 2.20. The Morgan fingerprint density at radius 3 is 2.76 bits per heavy atom. The van der Waals surface area contributed by atoms with Gasteiger partial charge in [-0.3, -0.25) is 9.78 Å². The average Bonchev–Trinajstić information content (AvgIpc) is 3.02. The predicted molar refractivity (Wildman–Crippen MR) is 80.0 cm³/mol. The summed E-state index contributed by atoms with van der Waals surface area (Å²) in [6.45, 7) is 2.02. The second-order valence-corrected chi connectivity index (χ2v) is 4.86. The number of nitrogens with zero attached hydrogens (tertiary/aromatic N) is 3. The molecule has 2 heterocycles. The lowest BCUT2D eigenvalue weighted by molar-refractivity contribution is 0.631. The van der Waals surface area contributed by atoms with Crippen molar-refractivity contribution in [3.8, 4) is 22.4 Å². The number of aromatic nitrogens is 4. The third kappa shape index (κ3) is 2.18. The highest BCUT2D eigenvalue weighted by molar-refractivity contribution is 5.88. The van der Waals surface area contributed by atoms with Gasteiger partial charge >= 0.3 is 0 Å². The van der Waals surface area contributed by atoms with Crippen molar-refractivity contribution in [3.05, 3.63) is 42.0 Å². The number of hydrogen-bond acceptors (Lipinski definition) is 3. The lowest BCUT2D eigenvalue weighted by Gasteiger charge is -2.05. The van der Waals surface area contributed by atoms with E-state index in [0.29, 0.717) is 16.8 Å². The Morgan fingerprint density at radius 2 is 2.05 bits per heavy atom. The highest BCUT2D eigenvalue weighted by atomic mass is 19.1. The number of aromatic amines is 1. The summed E-state index contributed by atoms with van der Waals surface area (Å²) in [5.41, 5.74) is 9.46. The summed E-state index contributed by atoms with van der Waals surface area (Å²) in [5, 5.41) is 11.4. The molecule has 0 saturated carbocycles. The second-order valence-electron chi connectivity index (χ2n) is 4.86. The van der Waals surface area contributed by atoms with Gasteiger partial charge in [0.1, 0.15) is 5.82 Å². The van der Waals surface area contributed by atoms with Gasteiger partial charge in [-0.15, -0.1) is 0 Å². The maximum absolute atomic E-state index is 14.1. The van der Waals surface area contributed by atoms with Gasteiger partial charge in [-0.25, -0.2) is 4.39 Å². The zero-order valence-electron chi connectivity index (χ0n) is 11.9. The minimum Gasteiger partial charge on any atom is -0.382 e. The fourth-order valence-corrected chi connectivity index (χ4v) is 2.49. The lowest BCUT2D eigenvalue weighted by Crippen LogP contribution is -1.92. The summed E-state index contributed by atoms with van der Waals surface area (Å²) in [6, 6.07) is 6.53. The Labute approximate surface area is 121 Å². The third-order valence-corrected chi connectivity index (χ3v) is 3.45. The van der Waals surface area contributed by atoms with Crippen molar-refractivity contribution in [2.24, 2.45) is 7.05 Å². The molecule has 0 bridgehead atoms. The molecule has 3 aromatic rings. The van der Waals surface area contributed by atoms with Crippen LogP contribution in [0.25, 0.3) is 22.4 Å². The maximum Gasteiger partial charge on any atom is 0.153 e. The number of nitrogen functional groups attached to an aromatic ring is 1. The Hall–Kier alpha value is -2.63. The number of hydrogen-bond donors (Lipinski definition) is 2. The van der Waals surface area contributed by atoms with E-state index in [1.165, 1.54) is 6.07 Å². The molecule has 0 spiro atoms. The second kappa shape index (κ2) is 5.05. The SMILES string of the molecule is CCc1nn(C)cc1-c1[nH]nc(N)c1-c1ccccc1F. The molecule has 6 heteroatoms. The van der Waals surface area contributed by atoms with Crippen LogP contribution in [0.1, 0.15) is 12.6 Å². The van der Waals surface area contributed by atoms with Crippen molar-refractivity contribution in [2.45, 2.75) is 13.3 Å². The van der Waals surface area contributed by atoms with Gasteiger partial charge in [-0.2, -0.15) is 10.2 Å². The van der Waals surface area contributed by atoms with E-state index in [2.05, 4.69) is 15.3 Å². The quantitative estimate of drug-likeness (QED) is 0.777. The number of H-pyrrole nitrogens is 1. The van der Waals surface area contributed by atoms with Crippen LogP contribution in [0.2, 0.25) is 0 Å². The molecule has 0 aliphatic carbocycles. The molecule has 0 saturated heterocycles. The van der Waals surface area contributed by atoms with E-state index in [-0.39, 0.29) is 11.6 Å². The van der Waals surface area contributed by atoms with Crippen LogP contribution in [-0.2, 0) is 13.5 Å². The summed E-state index contributed by atoms with van der Waals surface area (Å²) in [5.74, 6) is -0.0465. The van der Waals surface area contributed by atoms with Crippen LogP contribution in [0.3, 0.4) is 0 Å². The number of nitrogens with one attached hydrogen (secondary N) is 1. The summed E-state index contributed by atoms with van der Waals surface area (Å²) < 4.78 is 15.8. The van der Waals surface area contributed by atoms with Crippen molar-refractivity contribution < 1.29 is 4.39 Å². The van der Waals surface area contributed by atoms with E-state index in [9.17, 15) is 4.39 Å². The summed E-state index contributed by atoms with van der Waals surface area (Å²) >= 11 is 0. The van der Waals surface area contributed by atoms with Crippen LogP contribution in [-0.4, -0.2) is 20.0 Å². The van der Waals surface area contributed by atoms with Gasteiger partial charge in [0.15, 0.2) is 5.82 Å². The molecule has 0 fully saturated rings. The van der Waals surface area contributed by atoms with E-state index in [4.69, 9.17) is 5.73 Å². The Balaban J connectivity index is 2.25. The molecule has 0 amide bonds. The Morgan fingerprint density at radius 1 is 1.29 bits per heavy atom. The van der Waals surface area contributed by atoms with E-state index in [1.54, 1.807) is 22.9 Å². The standard InChI is InChI=1S/C15H16FN5/c1-3-12-10(8-21(2)20-12)14-13(15(17)19-18-14)9-6-4-5-7-11(9)16/h4-8H,3H2,1-2H3,(H3,17,18,19). The molecule has 21 heavy (non-hydrogen) atoms. The molecule has 0 aliphatic heterocycles. The molecule has 0 unspecified atom stereocenters. The number of rotatable bonds is 3. The smallest absolute Gasteiger partial charge is 0.153 e. The molecule has 2 aromatic heterocycles. The largest absolute Gasteiger partial charge is 0.382 e. The average molecular weight is 285 g/mol. The van der Waals surface area contributed by atoms with Crippen molar-refractivity contribution in [1.82, 2.24) is 20.0 Å². The molecular formula is C15H16FN5. The first-order chi connectivity index (χ1) is 10.1. The fraction of sp³-hybridized carbons (Fsp3) is 0.200. The zero-order chi connectivity index (χ0) is 15.0. The van der Waals surface area contributed by atoms with Crippen molar-refractivity contribution in [1.29, 1.82) is 0 Å². The summed E-state index contributed by atoms with van der Waals surface area (Å²) in [7, 11) is 1.85. The van der Waals surface area contributed by atoms with Crippen LogP contribution in [0.15, 0.2) is 30.5 Å². The van der Waals surface area contributed by atoms with E-state index in [1.807, 2.05) is 20.2 Å². The number of aryl methyl sites for hydroxylation is 2. The van der Waals surface area contributed by atoms with Crippen LogP contribution in [0.4, 0.5) is 10.2 Å². The zero-order valence-corrected chi connectivity index (χ0v) is 11.9. The van der Waals surface area contributed by atoms with Crippen LogP contribution < -0.4 is 5.73 Å². The molecule has 1 aromatic carbocycles. The molecular weight excluding hydrogens is 269 g/mol. The highest BCUT2D eigenvalue weighted by Crippen LogP contribution is 2.37. The molecule has 108 valence electrons. The normalized spacial score (nSPS) is 11.0. The first-order valence-corrected chi connectivity index (χ1v) is 6.73. The third-order valence-electron chi connectivity index (χ3n) is 3.45. The molecule has 0 aliphatic rings. The van der Waals surface area contributed by atoms with Crippen LogP contribution in [0.5, 0.6) is 0 Å². The number of anilines is 1. The van der Waals surface area contributed by atoms with E-state index >= 15 is 0 Å². The first kappa shape index (κ1) is 13.4. The van der Waals surface area contributed by atoms with Gasteiger partial charge in [-0.05, 0) is 12.5 Å². The number of halogens is 1. The molecule has 3 rings (SSSR count). The van der Waals surface area contributed by atoms with Crippen molar-refractivity contribution in [2.75, 3.05) is 5.73 Å². The lowest BCUT2D eigenvalue weighted by atomic mass is 10.00. The Bertz CT molecular complexity index is 787. The Kier molecular flexibility index (Phi) is 3.21. The van der Waals surface area contributed by atoms with E-state index < -0.39 is 0 Å². The van der Waals surface area contributed by atoms with Gasteiger partial charge in [0, 0.05) is 24.4 Å². The van der Waals surface area contributed by atoms with E-state index in [0.717, 1.165) is 17.7 Å². The fourth-order valence-electron chi connectivity index (χ4n) is 2.49. The topological polar surface area (TPSA) is 72.5 Å². The van der Waals surface area contributed by atoms with Crippen LogP contribution in [0, 0.1) is 5.82 Å². The number of benzene rings is 1. The molecule has 5 nitrogen and oxygen atoms in total. The molecule has 0 radical (unpaired) electrons. The minimum atomic E-state index is -0.325. The van der Waals surface area contributed by atoms with Gasteiger partial charge in [0.05, 0.1) is 17.0 Å². The maximum atomic E-state index is 14.1. The van der Waals surface area contributed by atoms with Crippen molar-refractivity contribution in [3.63, 3.8) is 0 Å². The molecule has 0 atom stereocenters. The number of nitrogens with two attached hydrogens (primary N) is 1. The van der Waals surface area contributed by atoms with Crippen LogP contribution >= 0.6 is 0 Å². The van der Waals surface area contributed by atoms with Crippen molar-refractivity contribution >= 4 is 5.82 Å². The first-order valence-electron chi connectivity index (χ1n) is 6.73. The van der Waals surface area contributed by atoms with Gasteiger partial charge in [0.2, 0.25) is 0 Å². The van der Waals surface area contributed by atoms with Gasteiger partial charge in [0.25, 0.3) is 0 Å². The summed E-state index contributed by atoms with van der Waals surface area (Å²) in [4.78, 5) is 0. The van der Waals surface area contributed by atoms with Gasteiger partial charge in [-0.1, -0.05) is 25.1 Å². The predicted octanol–water partition coefficient (Wildman–Crippen LogP) is 2.76.